The van der Waals surface area contributed by atoms with Crippen molar-refractivity contribution in [2.24, 2.45) is 0 Å². The van der Waals surface area contributed by atoms with Crippen molar-refractivity contribution in [2.75, 3.05) is 17.7 Å². The maximum absolute atomic E-state index is 14.2. The van der Waals surface area contributed by atoms with Gasteiger partial charge in [0.25, 0.3) is 0 Å². The highest BCUT2D eigenvalue weighted by atomic mass is 32.1. The van der Waals surface area contributed by atoms with Crippen molar-refractivity contribution in [2.45, 2.75) is 81.4 Å². The molecule has 2 aliphatic rings. The van der Waals surface area contributed by atoms with Gasteiger partial charge >= 0.3 is 0 Å². The smallest absolute Gasteiger partial charge is 0.232 e. The van der Waals surface area contributed by atoms with Crippen molar-refractivity contribution in [3.05, 3.63) is 29.8 Å². The van der Waals surface area contributed by atoms with Gasteiger partial charge in [-0.2, -0.15) is 27.6 Å². The highest BCUT2D eigenvalue weighted by Gasteiger charge is 2.22. The number of hydrogen-bond acceptors (Lipinski definition) is 7. The molecule has 2 N–H and O–H groups in total. The van der Waals surface area contributed by atoms with Crippen molar-refractivity contribution in [3.8, 4) is 5.75 Å². The van der Waals surface area contributed by atoms with Gasteiger partial charge in [-0.3, -0.25) is 0 Å². The minimum absolute atomic E-state index is 0.211. The van der Waals surface area contributed by atoms with Gasteiger partial charge in [-0.25, -0.2) is 4.39 Å². The molecule has 0 unspecified atom stereocenters. The van der Waals surface area contributed by atoms with E-state index in [9.17, 15) is 4.39 Å². The third kappa shape index (κ3) is 5.99. The quantitative estimate of drug-likeness (QED) is 0.382. The lowest BCUT2D eigenvalue weighted by Crippen LogP contribution is -2.27. The number of aromatic nitrogens is 3. The van der Waals surface area contributed by atoms with Gasteiger partial charge in [0.05, 0.1) is 7.11 Å². The van der Waals surface area contributed by atoms with Crippen LogP contribution in [0.1, 0.15) is 76.0 Å². The fourth-order valence-electron chi connectivity index (χ4n) is 4.51. The van der Waals surface area contributed by atoms with E-state index in [1.807, 2.05) is 0 Å². The summed E-state index contributed by atoms with van der Waals surface area (Å²) < 4.78 is 19.2. The molecule has 2 saturated carbocycles. The number of methoxy groups -OCH3 is 1. The molecule has 1 aromatic carbocycles. The zero-order chi connectivity index (χ0) is 21.6. The third-order valence-corrected chi connectivity index (χ3v) is 6.83. The van der Waals surface area contributed by atoms with Crippen LogP contribution in [0.5, 0.6) is 5.75 Å². The standard InChI is InChI=1S/C23H32FN5OS/c1-30-20-13-10-17(14-19(20)24)26-23-28-21(15-6-4-2-3-5-7-15)27-22(29-23)25-16-8-11-18(31)12-9-16/h10,13-16,18,31H,2-9,11-12H2,1H3,(H2,25,26,27,28,29). The molecule has 0 amide bonds. The van der Waals surface area contributed by atoms with Gasteiger partial charge in [0.15, 0.2) is 11.6 Å². The summed E-state index contributed by atoms with van der Waals surface area (Å²) in [4.78, 5) is 14.2. The van der Waals surface area contributed by atoms with Gasteiger partial charge in [0.2, 0.25) is 11.9 Å². The Balaban J connectivity index is 1.58. The molecular weight excluding hydrogens is 413 g/mol. The van der Waals surface area contributed by atoms with Crippen LogP contribution < -0.4 is 15.4 Å². The molecule has 2 aromatic rings. The van der Waals surface area contributed by atoms with Gasteiger partial charge in [-0.05, 0) is 50.7 Å². The first-order valence-electron chi connectivity index (χ1n) is 11.4. The largest absolute Gasteiger partial charge is 0.494 e. The van der Waals surface area contributed by atoms with Gasteiger partial charge in [0, 0.05) is 29.0 Å². The Morgan fingerprint density at radius 3 is 2.32 bits per heavy atom. The average Bonchev–Trinajstić information content (AvgIpc) is 3.05. The van der Waals surface area contributed by atoms with E-state index in [2.05, 4.69) is 28.2 Å². The molecule has 0 atom stereocenters. The van der Waals surface area contributed by atoms with Crippen molar-refractivity contribution in [1.29, 1.82) is 0 Å². The van der Waals surface area contributed by atoms with Crippen molar-refractivity contribution in [1.82, 2.24) is 15.0 Å². The van der Waals surface area contributed by atoms with E-state index in [1.165, 1.54) is 38.9 Å². The summed E-state index contributed by atoms with van der Waals surface area (Å²) in [6, 6.07) is 5.10. The molecule has 1 heterocycles. The van der Waals surface area contributed by atoms with E-state index in [1.54, 1.807) is 12.1 Å². The highest BCUT2D eigenvalue weighted by Crippen LogP contribution is 2.32. The van der Waals surface area contributed by atoms with Gasteiger partial charge in [-0.1, -0.05) is 25.7 Å². The van der Waals surface area contributed by atoms with Crippen LogP contribution >= 0.6 is 12.6 Å². The fourth-order valence-corrected chi connectivity index (χ4v) is 4.81. The van der Waals surface area contributed by atoms with E-state index in [-0.39, 0.29) is 5.75 Å². The Bertz CT molecular complexity index is 867. The molecule has 0 spiro atoms. The zero-order valence-corrected chi connectivity index (χ0v) is 19.0. The van der Waals surface area contributed by atoms with Crippen LogP contribution in [-0.4, -0.2) is 33.4 Å². The molecule has 0 aliphatic heterocycles. The summed E-state index contributed by atoms with van der Waals surface area (Å²) in [5, 5.41) is 7.17. The minimum atomic E-state index is -0.424. The van der Waals surface area contributed by atoms with Crippen LogP contribution in [-0.2, 0) is 0 Å². The first kappa shape index (κ1) is 22.1. The predicted octanol–water partition coefficient (Wildman–Crippen LogP) is 5.85. The minimum Gasteiger partial charge on any atom is -0.494 e. The molecule has 0 radical (unpaired) electrons. The number of rotatable bonds is 6. The number of anilines is 3. The van der Waals surface area contributed by atoms with Crippen molar-refractivity contribution >= 4 is 30.2 Å². The Kier molecular flexibility index (Phi) is 7.48. The average molecular weight is 446 g/mol. The maximum atomic E-state index is 14.2. The third-order valence-electron chi connectivity index (χ3n) is 6.31. The number of ether oxygens (including phenoxy) is 1. The molecule has 168 valence electrons. The van der Waals surface area contributed by atoms with Crippen LogP contribution in [0.15, 0.2) is 18.2 Å². The Morgan fingerprint density at radius 2 is 1.65 bits per heavy atom. The Hall–Kier alpha value is -2.09. The summed E-state index contributed by atoms with van der Waals surface area (Å²) in [5.41, 5.74) is 0.581. The number of nitrogens with one attached hydrogen (secondary N) is 2. The highest BCUT2D eigenvalue weighted by molar-refractivity contribution is 7.80. The fraction of sp³-hybridized carbons (Fsp3) is 0.609. The van der Waals surface area contributed by atoms with Crippen LogP contribution in [0.2, 0.25) is 0 Å². The van der Waals surface area contributed by atoms with E-state index < -0.39 is 5.82 Å². The van der Waals surface area contributed by atoms with Gasteiger partial charge < -0.3 is 15.4 Å². The van der Waals surface area contributed by atoms with Gasteiger partial charge in [-0.15, -0.1) is 0 Å². The number of thiol groups is 1. The van der Waals surface area contributed by atoms with E-state index in [0.29, 0.717) is 34.8 Å². The summed E-state index contributed by atoms with van der Waals surface area (Å²) >= 11 is 4.60. The van der Waals surface area contributed by atoms with E-state index >= 15 is 0 Å². The zero-order valence-electron chi connectivity index (χ0n) is 18.1. The molecule has 2 aliphatic carbocycles. The number of halogens is 1. The lowest BCUT2D eigenvalue weighted by molar-refractivity contribution is 0.386. The number of hydrogen-bond donors (Lipinski definition) is 3. The SMILES string of the molecule is COc1ccc(Nc2nc(NC3CCC(S)CC3)nc(C3CCCCCC3)n2)cc1F. The van der Waals surface area contributed by atoms with Crippen LogP contribution in [0.3, 0.4) is 0 Å². The lowest BCUT2D eigenvalue weighted by atomic mass is 9.95. The van der Waals surface area contributed by atoms with E-state index in [0.717, 1.165) is 44.3 Å². The second-order valence-electron chi connectivity index (χ2n) is 8.65. The second kappa shape index (κ2) is 10.5. The van der Waals surface area contributed by atoms with Crippen LogP contribution in [0, 0.1) is 5.82 Å². The maximum Gasteiger partial charge on any atom is 0.232 e. The van der Waals surface area contributed by atoms with Crippen LogP contribution in [0.25, 0.3) is 0 Å². The van der Waals surface area contributed by atoms with Crippen molar-refractivity contribution < 1.29 is 9.13 Å². The molecule has 6 nitrogen and oxygen atoms in total. The Labute approximate surface area is 189 Å². The summed E-state index contributed by atoms with van der Waals surface area (Å²) in [7, 11) is 1.45. The second-order valence-corrected chi connectivity index (χ2v) is 9.38. The molecule has 2 fully saturated rings. The van der Waals surface area contributed by atoms with Crippen molar-refractivity contribution in [3.63, 3.8) is 0 Å². The molecule has 4 rings (SSSR count). The summed E-state index contributed by atoms with van der Waals surface area (Å²) in [6.07, 6.45) is 11.5. The molecular formula is C23H32FN5OS. The molecule has 0 saturated heterocycles. The normalized spacial score (nSPS) is 22.5. The number of benzene rings is 1. The summed E-state index contributed by atoms with van der Waals surface area (Å²) in [5.74, 6) is 2.01. The first-order valence-corrected chi connectivity index (χ1v) is 11.9. The Morgan fingerprint density at radius 1 is 0.935 bits per heavy atom. The lowest BCUT2D eigenvalue weighted by Gasteiger charge is -2.26. The monoisotopic (exact) mass is 445 g/mol. The van der Waals surface area contributed by atoms with Gasteiger partial charge in [0.1, 0.15) is 5.82 Å². The summed E-state index contributed by atoms with van der Waals surface area (Å²) in [6.45, 7) is 0. The van der Waals surface area contributed by atoms with E-state index in [4.69, 9.17) is 14.7 Å². The molecule has 0 bridgehead atoms. The molecule has 8 heteroatoms. The number of nitrogens with zero attached hydrogens (tertiary/aromatic N) is 3. The molecule has 1 aromatic heterocycles. The molecule has 31 heavy (non-hydrogen) atoms. The topological polar surface area (TPSA) is 72.0 Å². The first-order chi connectivity index (χ1) is 15.1. The predicted molar refractivity (Wildman–Crippen MR) is 125 cm³/mol. The van der Waals surface area contributed by atoms with Crippen LogP contribution in [0.4, 0.5) is 22.0 Å².